The topological polar surface area (TPSA) is 102 Å². The van der Waals surface area contributed by atoms with Gasteiger partial charge in [-0.25, -0.2) is 0 Å². The summed E-state index contributed by atoms with van der Waals surface area (Å²) in [5.74, 6) is 0.456. The van der Waals surface area contributed by atoms with Gasteiger partial charge >= 0.3 is 6.18 Å². The van der Waals surface area contributed by atoms with E-state index in [2.05, 4.69) is 15.5 Å². The minimum atomic E-state index is -4.51. The van der Waals surface area contributed by atoms with Crippen LogP contribution in [0.25, 0.3) is 0 Å². The van der Waals surface area contributed by atoms with Crippen LogP contribution in [-0.2, 0) is 27.2 Å². The van der Waals surface area contributed by atoms with Gasteiger partial charge in [-0.05, 0) is 42.8 Å². The average molecular weight is 479 g/mol. The highest BCUT2D eigenvalue weighted by atomic mass is 19.4. The number of hydrogen-bond acceptors (Lipinski definition) is 7. The smallest absolute Gasteiger partial charge is 0.433 e. The Labute approximate surface area is 194 Å². The Balaban J connectivity index is 1.46. The Morgan fingerprint density at radius 3 is 2.65 bits per heavy atom. The first-order valence-corrected chi connectivity index (χ1v) is 10.4. The minimum absolute atomic E-state index is 0.116. The van der Waals surface area contributed by atoms with Gasteiger partial charge in [-0.15, -0.1) is 0 Å². The van der Waals surface area contributed by atoms with Crippen molar-refractivity contribution in [2.75, 3.05) is 26.4 Å². The molecule has 1 aromatic heterocycles. The number of pyridine rings is 1. The molecule has 34 heavy (non-hydrogen) atoms. The van der Waals surface area contributed by atoms with Crippen LogP contribution < -0.4 is 10.1 Å². The van der Waals surface area contributed by atoms with Crippen LogP contribution in [0.1, 0.15) is 23.2 Å². The third-order valence-electron chi connectivity index (χ3n) is 4.84. The standard InChI is InChI=1S/C23H24F3N3O5/c24-23(25,26)21-6-1-17(12-27-21)14-34-29-20(13-30)18-2-4-19(5-3-18)33-15-22(31)28-11-16-7-9-32-10-8-16/h1-7,9,12,16,30H,8,10-11,13-15H2,(H,28,31). The van der Waals surface area contributed by atoms with Crippen molar-refractivity contribution < 1.29 is 37.4 Å². The molecule has 0 saturated heterocycles. The maximum Gasteiger partial charge on any atom is 0.433 e. The number of halogens is 3. The summed E-state index contributed by atoms with van der Waals surface area (Å²) < 4.78 is 48.3. The summed E-state index contributed by atoms with van der Waals surface area (Å²) in [6, 6.07) is 8.61. The van der Waals surface area contributed by atoms with Crippen LogP contribution in [0.3, 0.4) is 0 Å². The van der Waals surface area contributed by atoms with Gasteiger partial charge in [0.1, 0.15) is 23.8 Å². The number of amides is 1. The summed E-state index contributed by atoms with van der Waals surface area (Å²) >= 11 is 0. The van der Waals surface area contributed by atoms with Gasteiger partial charge in [0.15, 0.2) is 6.61 Å². The lowest BCUT2D eigenvalue weighted by Crippen LogP contribution is -2.33. The number of nitrogens with zero attached hydrogens (tertiary/aromatic N) is 2. The first kappa shape index (κ1) is 25.0. The summed E-state index contributed by atoms with van der Waals surface area (Å²) in [7, 11) is 0. The van der Waals surface area contributed by atoms with Crippen molar-refractivity contribution in [3.8, 4) is 5.75 Å². The third-order valence-corrected chi connectivity index (χ3v) is 4.84. The predicted octanol–water partition coefficient (Wildman–Crippen LogP) is 3.06. The fourth-order valence-corrected chi connectivity index (χ4v) is 2.94. The van der Waals surface area contributed by atoms with Crippen LogP contribution >= 0.6 is 0 Å². The molecule has 1 aromatic carbocycles. The van der Waals surface area contributed by atoms with Gasteiger partial charge in [0.25, 0.3) is 5.91 Å². The first-order valence-electron chi connectivity index (χ1n) is 10.4. The maximum atomic E-state index is 12.6. The minimum Gasteiger partial charge on any atom is -0.501 e. The maximum absolute atomic E-state index is 12.6. The van der Waals surface area contributed by atoms with E-state index in [1.54, 1.807) is 30.5 Å². The number of alkyl halides is 3. The van der Waals surface area contributed by atoms with E-state index in [9.17, 15) is 23.1 Å². The third kappa shape index (κ3) is 7.77. The van der Waals surface area contributed by atoms with Crippen molar-refractivity contribution in [2.24, 2.45) is 11.1 Å². The Kier molecular flexibility index (Phi) is 8.86. The second-order valence-electron chi connectivity index (χ2n) is 7.38. The lowest BCUT2D eigenvalue weighted by Gasteiger charge is -2.17. The molecule has 1 atom stereocenters. The number of ether oxygens (including phenoxy) is 2. The number of carbonyl (C=O) groups is 1. The molecular formula is C23H24F3N3O5. The fourth-order valence-electron chi connectivity index (χ4n) is 2.94. The van der Waals surface area contributed by atoms with Gasteiger partial charge in [-0.1, -0.05) is 11.2 Å². The molecule has 0 saturated carbocycles. The van der Waals surface area contributed by atoms with E-state index in [0.717, 1.165) is 18.7 Å². The Hall–Kier alpha value is -3.60. The lowest BCUT2D eigenvalue weighted by atomic mass is 10.1. The number of aromatic nitrogens is 1. The molecule has 11 heteroatoms. The molecule has 2 heterocycles. The molecule has 0 spiro atoms. The lowest BCUT2D eigenvalue weighted by molar-refractivity contribution is -0.141. The Morgan fingerprint density at radius 2 is 2.03 bits per heavy atom. The molecule has 8 nitrogen and oxygen atoms in total. The van der Waals surface area contributed by atoms with Gasteiger partial charge in [-0.2, -0.15) is 13.2 Å². The van der Waals surface area contributed by atoms with Crippen molar-refractivity contribution in [2.45, 2.75) is 19.2 Å². The number of oxime groups is 1. The van der Waals surface area contributed by atoms with Gasteiger partial charge in [-0.3, -0.25) is 9.78 Å². The average Bonchev–Trinajstić information content (AvgIpc) is 2.85. The SMILES string of the molecule is O=C(COc1ccc(C(CO)=NOCc2ccc(C(F)(F)F)nc2)cc1)NCC1C=COCC1. The van der Waals surface area contributed by atoms with E-state index in [-0.39, 0.29) is 30.8 Å². The highest BCUT2D eigenvalue weighted by Gasteiger charge is 2.32. The van der Waals surface area contributed by atoms with E-state index in [1.165, 1.54) is 6.07 Å². The molecule has 1 unspecified atom stereocenters. The number of nitrogens with one attached hydrogen (secondary N) is 1. The molecule has 1 amide bonds. The molecule has 182 valence electrons. The molecule has 2 N–H and O–H groups in total. The van der Waals surface area contributed by atoms with E-state index >= 15 is 0 Å². The fraction of sp³-hybridized carbons (Fsp3) is 0.348. The zero-order valence-corrected chi connectivity index (χ0v) is 18.1. The number of aliphatic hydroxyl groups excluding tert-OH is 1. The molecule has 0 aliphatic carbocycles. The van der Waals surface area contributed by atoms with Crippen LogP contribution in [0.5, 0.6) is 5.75 Å². The van der Waals surface area contributed by atoms with Crippen molar-refractivity contribution in [3.05, 3.63) is 71.8 Å². The van der Waals surface area contributed by atoms with E-state index in [0.29, 0.717) is 30.0 Å². The zero-order valence-electron chi connectivity index (χ0n) is 18.1. The van der Waals surface area contributed by atoms with Crippen molar-refractivity contribution in [1.29, 1.82) is 0 Å². The molecule has 3 rings (SSSR count). The van der Waals surface area contributed by atoms with E-state index < -0.39 is 18.5 Å². The summed E-state index contributed by atoms with van der Waals surface area (Å²) in [5, 5.41) is 16.2. The van der Waals surface area contributed by atoms with Crippen LogP contribution in [0, 0.1) is 5.92 Å². The highest BCUT2D eigenvalue weighted by molar-refractivity contribution is 6.01. The van der Waals surface area contributed by atoms with Crippen LogP contribution in [-0.4, -0.2) is 48.1 Å². The molecule has 0 bridgehead atoms. The number of rotatable bonds is 10. The van der Waals surface area contributed by atoms with Crippen LogP contribution in [0.15, 0.2) is 60.1 Å². The second kappa shape index (κ2) is 12.0. The summed E-state index contributed by atoms with van der Waals surface area (Å²) in [4.78, 5) is 20.5. The summed E-state index contributed by atoms with van der Waals surface area (Å²) in [6.07, 6.45) is 0.940. The highest BCUT2D eigenvalue weighted by Crippen LogP contribution is 2.27. The zero-order chi connectivity index (χ0) is 24.4. The molecule has 0 radical (unpaired) electrons. The van der Waals surface area contributed by atoms with Gasteiger partial charge < -0.3 is 24.7 Å². The Bertz CT molecular complexity index is 992. The molecule has 2 aromatic rings. The number of benzene rings is 1. The number of hydrogen-bond donors (Lipinski definition) is 2. The predicted molar refractivity (Wildman–Crippen MR) is 116 cm³/mol. The monoisotopic (exact) mass is 479 g/mol. The van der Waals surface area contributed by atoms with Gasteiger partial charge in [0.05, 0.1) is 19.5 Å². The van der Waals surface area contributed by atoms with Gasteiger partial charge in [0, 0.05) is 29.8 Å². The van der Waals surface area contributed by atoms with Crippen molar-refractivity contribution >= 4 is 11.6 Å². The summed E-state index contributed by atoms with van der Waals surface area (Å²) in [6.45, 7) is 0.469. The summed E-state index contributed by atoms with van der Waals surface area (Å²) in [5.41, 5.74) is 0.167. The van der Waals surface area contributed by atoms with Crippen molar-refractivity contribution in [1.82, 2.24) is 10.3 Å². The van der Waals surface area contributed by atoms with Crippen LogP contribution in [0.4, 0.5) is 13.2 Å². The van der Waals surface area contributed by atoms with Crippen molar-refractivity contribution in [3.63, 3.8) is 0 Å². The van der Waals surface area contributed by atoms with E-state index in [1.807, 2.05) is 6.08 Å². The van der Waals surface area contributed by atoms with Crippen LogP contribution in [0.2, 0.25) is 0 Å². The second-order valence-corrected chi connectivity index (χ2v) is 7.38. The number of carbonyl (C=O) groups excluding carboxylic acids is 1. The molecular weight excluding hydrogens is 455 g/mol. The van der Waals surface area contributed by atoms with E-state index in [4.69, 9.17) is 14.3 Å². The molecule has 0 fully saturated rings. The molecule has 1 aliphatic heterocycles. The largest absolute Gasteiger partial charge is 0.501 e. The normalized spacial score (nSPS) is 16.0. The molecule has 1 aliphatic rings. The number of aliphatic hydroxyl groups is 1. The quantitative estimate of drug-likeness (QED) is 0.401. The Morgan fingerprint density at radius 1 is 1.24 bits per heavy atom. The first-order chi connectivity index (χ1) is 16.3. The van der Waals surface area contributed by atoms with Gasteiger partial charge in [0.2, 0.25) is 0 Å².